The highest BCUT2D eigenvalue weighted by Crippen LogP contribution is 2.25. The molecular weight excluding hydrogens is 192 g/mol. The maximum Gasteiger partial charge on any atom is 0.142 e. The van der Waals surface area contributed by atoms with E-state index in [1.165, 1.54) is 10.4 Å². The first-order chi connectivity index (χ1) is 6.66. The van der Waals surface area contributed by atoms with Gasteiger partial charge in [0, 0.05) is 11.1 Å². The SMILES string of the molecule is Cc1ccc(-c2nc(C)c(C)s2)nc1. The molecule has 14 heavy (non-hydrogen) atoms. The molecule has 0 fully saturated rings. The highest BCUT2D eigenvalue weighted by molar-refractivity contribution is 7.15. The van der Waals surface area contributed by atoms with Crippen LogP contribution in [0, 0.1) is 20.8 Å². The van der Waals surface area contributed by atoms with Crippen LogP contribution in [0.3, 0.4) is 0 Å². The van der Waals surface area contributed by atoms with Crippen LogP contribution in [0.5, 0.6) is 0 Å². The van der Waals surface area contributed by atoms with Gasteiger partial charge in [-0.25, -0.2) is 4.98 Å². The van der Waals surface area contributed by atoms with Crippen LogP contribution < -0.4 is 0 Å². The zero-order valence-corrected chi connectivity index (χ0v) is 9.35. The topological polar surface area (TPSA) is 25.8 Å². The van der Waals surface area contributed by atoms with Crippen molar-refractivity contribution >= 4 is 11.3 Å². The Balaban J connectivity index is 2.44. The first-order valence-electron chi connectivity index (χ1n) is 4.54. The van der Waals surface area contributed by atoms with Crippen molar-refractivity contribution in [1.82, 2.24) is 9.97 Å². The minimum absolute atomic E-state index is 0.969. The molecule has 0 aliphatic rings. The number of hydrogen-bond acceptors (Lipinski definition) is 3. The molecule has 0 spiro atoms. The summed E-state index contributed by atoms with van der Waals surface area (Å²) in [5.41, 5.74) is 3.25. The Hall–Kier alpha value is -1.22. The molecule has 0 radical (unpaired) electrons. The van der Waals surface area contributed by atoms with E-state index in [1.807, 2.05) is 26.1 Å². The maximum absolute atomic E-state index is 4.47. The van der Waals surface area contributed by atoms with Crippen LogP contribution in [0.4, 0.5) is 0 Å². The van der Waals surface area contributed by atoms with E-state index in [0.717, 1.165) is 16.4 Å². The van der Waals surface area contributed by atoms with Crippen LogP contribution in [0.2, 0.25) is 0 Å². The van der Waals surface area contributed by atoms with Crippen LogP contribution in [0.15, 0.2) is 18.3 Å². The number of hydrogen-bond donors (Lipinski definition) is 0. The highest BCUT2D eigenvalue weighted by atomic mass is 32.1. The number of aromatic nitrogens is 2. The summed E-state index contributed by atoms with van der Waals surface area (Å²) in [6, 6.07) is 4.08. The molecule has 72 valence electrons. The van der Waals surface area contributed by atoms with Crippen LogP contribution in [0.1, 0.15) is 16.1 Å². The lowest BCUT2D eigenvalue weighted by molar-refractivity contribution is 1.20. The molecule has 0 aromatic carbocycles. The fourth-order valence-corrected chi connectivity index (χ4v) is 2.07. The molecule has 0 amide bonds. The van der Waals surface area contributed by atoms with Crippen molar-refractivity contribution in [2.24, 2.45) is 0 Å². The Kier molecular flexibility index (Phi) is 2.33. The second-order valence-electron chi connectivity index (χ2n) is 3.38. The van der Waals surface area contributed by atoms with Gasteiger partial charge in [-0.3, -0.25) is 4.98 Å². The van der Waals surface area contributed by atoms with E-state index < -0.39 is 0 Å². The molecule has 0 bridgehead atoms. The maximum atomic E-state index is 4.47. The number of thiazole rings is 1. The first kappa shape index (κ1) is 9.34. The molecule has 0 aliphatic heterocycles. The minimum atomic E-state index is 0.969. The predicted octanol–water partition coefficient (Wildman–Crippen LogP) is 3.13. The van der Waals surface area contributed by atoms with Gasteiger partial charge in [0.05, 0.1) is 11.4 Å². The molecule has 2 nitrogen and oxygen atoms in total. The molecular formula is C11H12N2S. The van der Waals surface area contributed by atoms with Gasteiger partial charge in [-0.1, -0.05) is 6.07 Å². The van der Waals surface area contributed by atoms with Gasteiger partial charge in [-0.05, 0) is 32.4 Å². The summed E-state index contributed by atoms with van der Waals surface area (Å²) in [6.45, 7) is 6.16. The smallest absolute Gasteiger partial charge is 0.142 e. The van der Waals surface area contributed by atoms with Gasteiger partial charge < -0.3 is 0 Å². The second kappa shape index (κ2) is 3.50. The summed E-state index contributed by atoms with van der Waals surface area (Å²) < 4.78 is 0. The van der Waals surface area contributed by atoms with E-state index in [-0.39, 0.29) is 0 Å². The molecule has 0 N–H and O–H groups in total. The van der Waals surface area contributed by atoms with Gasteiger partial charge >= 0.3 is 0 Å². The number of nitrogens with zero attached hydrogens (tertiary/aromatic N) is 2. The number of rotatable bonds is 1. The first-order valence-corrected chi connectivity index (χ1v) is 5.35. The second-order valence-corrected chi connectivity index (χ2v) is 4.58. The standard InChI is InChI=1S/C11H12N2S/c1-7-4-5-10(12-6-7)11-13-8(2)9(3)14-11/h4-6H,1-3H3. The van der Waals surface area contributed by atoms with Crippen LogP contribution in [-0.2, 0) is 0 Å². The molecule has 0 unspecified atom stereocenters. The average Bonchev–Trinajstić information content (AvgIpc) is 2.48. The summed E-state index contributed by atoms with van der Waals surface area (Å²) in [5, 5.41) is 1.01. The molecule has 2 heterocycles. The summed E-state index contributed by atoms with van der Waals surface area (Å²) in [6.07, 6.45) is 1.88. The lowest BCUT2D eigenvalue weighted by Gasteiger charge is -1.95. The molecule has 0 aliphatic carbocycles. The molecule has 0 atom stereocenters. The van der Waals surface area contributed by atoms with Crippen molar-refractivity contribution in [2.45, 2.75) is 20.8 Å². The molecule has 3 heteroatoms. The van der Waals surface area contributed by atoms with Gasteiger partial charge in [0.15, 0.2) is 0 Å². The van der Waals surface area contributed by atoms with Gasteiger partial charge in [0.2, 0.25) is 0 Å². The Morgan fingerprint density at radius 3 is 2.43 bits per heavy atom. The van der Waals surface area contributed by atoms with Gasteiger partial charge in [-0.15, -0.1) is 11.3 Å². The summed E-state index contributed by atoms with van der Waals surface area (Å²) in [4.78, 5) is 10.1. The third-order valence-electron chi connectivity index (χ3n) is 2.16. The molecule has 2 rings (SSSR count). The van der Waals surface area contributed by atoms with Crippen molar-refractivity contribution < 1.29 is 0 Å². The van der Waals surface area contributed by atoms with E-state index in [0.29, 0.717) is 0 Å². The van der Waals surface area contributed by atoms with Crippen LogP contribution in [-0.4, -0.2) is 9.97 Å². The Morgan fingerprint density at radius 1 is 1.14 bits per heavy atom. The van der Waals surface area contributed by atoms with Crippen molar-refractivity contribution in [2.75, 3.05) is 0 Å². The highest BCUT2D eigenvalue weighted by Gasteiger charge is 2.06. The monoisotopic (exact) mass is 204 g/mol. The van der Waals surface area contributed by atoms with E-state index in [1.54, 1.807) is 11.3 Å². The Morgan fingerprint density at radius 2 is 1.93 bits per heavy atom. The predicted molar refractivity (Wildman–Crippen MR) is 59.6 cm³/mol. The summed E-state index contributed by atoms with van der Waals surface area (Å²) in [7, 11) is 0. The molecule has 2 aromatic rings. The molecule has 0 saturated carbocycles. The Labute approximate surface area is 87.7 Å². The van der Waals surface area contributed by atoms with Crippen molar-refractivity contribution in [3.8, 4) is 10.7 Å². The largest absolute Gasteiger partial charge is 0.253 e. The van der Waals surface area contributed by atoms with Gasteiger partial charge in [0.1, 0.15) is 5.01 Å². The summed E-state index contributed by atoms with van der Waals surface area (Å²) >= 11 is 1.70. The molecule has 2 aromatic heterocycles. The number of pyridine rings is 1. The van der Waals surface area contributed by atoms with E-state index in [2.05, 4.69) is 23.0 Å². The van der Waals surface area contributed by atoms with E-state index in [9.17, 15) is 0 Å². The number of aryl methyl sites for hydroxylation is 3. The van der Waals surface area contributed by atoms with Gasteiger partial charge in [0.25, 0.3) is 0 Å². The van der Waals surface area contributed by atoms with Crippen LogP contribution in [0.25, 0.3) is 10.7 Å². The van der Waals surface area contributed by atoms with E-state index in [4.69, 9.17) is 0 Å². The lowest BCUT2D eigenvalue weighted by Crippen LogP contribution is -1.83. The normalized spacial score (nSPS) is 10.5. The Bertz CT molecular complexity index is 423. The minimum Gasteiger partial charge on any atom is -0.253 e. The summed E-state index contributed by atoms with van der Waals surface area (Å²) in [5.74, 6) is 0. The van der Waals surface area contributed by atoms with Crippen molar-refractivity contribution in [1.29, 1.82) is 0 Å². The van der Waals surface area contributed by atoms with Crippen molar-refractivity contribution in [3.63, 3.8) is 0 Å². The third kappa shape index (κ3) is 1.68. The van der Waals surface area contributed by atoms with Gasteiger partial charge in [-0.2, -0.15) is 0 Å². The zero-order chi connectivity index (χ0) is 10.1. The third-order valence-corrected chi connectivity index (χ3v) is 3.25. The lowest BCUT2D eigenvalue weighted by atomic mass is 10.3. The average molecular weight is 204 g/mol. The fourth-order valence-electron chi connectivity index (χ4n) is 1.18. The van der Waals surface area contributed by atoms with E-state index >= 15 is 0 Å². The van der Waals surface area contributed by atoms with Crippen molar-refractivity contribution in [3.05, 3.63) is 34.5 Å². The quantitative estimate of drug-likeness (QED) is 0.713. The molecule has 0 saturated heterocycles. The van der Waals surface area contributed by atoms with Crippen LogP contribution >= 0.6 is 11.3 Å². The fraction of sp³-hybridized carbons (Fsp3) is 0.273. The zero-order valence-electron chi connectivity index (χ0n) is 8.53.